The number of methoxy groups -OCH3 is 1. The standard InChI is InChI=1S/C28H32N2O4S/c1-21-19-24(15-16-27(21)34-2)35(32,33)30(18-17-22-9-4-3-5-10-22)20-28(31)29-26-14-8-12-23-11-6-7-13-25(23)26/h3-7,9-11,13,15-16,19,26H,8,12,14,17-18,20H2,1-2H3,(H,29,31). The minimum absolute atomic E-state index is 0.102. The topological polar surface area (TPSA) is 75.7 Å². The zero-order valence-electron chi connectivity index (χ0n) is 20.2. The Balaban J connectivity index is 1.55. The summed E-state index contributed by atoms with van der Waals surface area (Å²) in [5.41, 5.74) is 4.10. The van der Waals surface area contributed by atoms with Crippen molar-refractivity contribution in [3.8, 4) is 5.75 Å². The lowest BCUT2D eigenvalue weighted by Gasteiger charge is -2.28. The van der Waals surface area contributed by atoms with Crippen LogP contribution < -0.4 is 10.1 Å². The Kier molecular flexibility index (Phi) is 7.88. The summed E-state index contributed by atoms with van der Waals surface area (Å²) in [5, 5.41) is 3.09. The number of aryl methyl sites for hydroxylation is 2. The number of ether oxygens (including phenoxy) is 1. The van der Waals surface area contributed by atoms with Gasteiger partial charge < -0.3 is 10.1 Å². The maximum atomic E-state index is 13.6. The van der Waals surface area contributed by atoms with Crippen molar-refractivity contribution in [1.82, 2.24) is 9.62 Å². The molecule has 1 atom stereocenters. The molecule has 6 nitrogen and oxygen atoms in total. The number of nitrogens with zero attached hydrogens (tertiary/aromatic N) is 1. The summed E-state index contributed by atoms with van der Waals surface area (Å²) < 4.78 is 33.8. The van der Waals surface area contributed by atoms with Crippen LogP contribution in [0.2, 0.25) is 0 Å². The summed E-state index contributed by atoms with van der Waals surface area (Å²) in [6.45, 7) is 1.77. The molecule has 0 fully saturated rings. The number of carbonyl (C=O) groups is 1. The molecule has 0 bridgehead atoms. The largest absolute Gasteiger partial charge is 0.496 e. The van der Waals surface area contributed by atoms with Crippen molar-refractivity contribution in [3.05, 3.63) is 95.1 Å². The number of sulfonamides is 1. The number of carbonyl (C=O) groups excluding carboxylic acids is 1. The second-order valence-electron chi connectivity index (χ2n) is 8.92. The maximum Gasteiger partial charge on any atom is 0.243 e. The van der Waals surface area contributed by atoms with Crippen molar-refractivity contribution < 1.29 is 17.9 Å². The first-order valence-electron chi connectivity index (χ1n) is 11.9. The summed E-state index contributed by atoms with van der Waals surface area (Å²) in [6, 6.07) is 22.5. The van der Waals surface area contributed by atoms with E-state index in [9.17, 15) is 13.2 Å². The summed E-state index contributed by atoms with van der Waals surface area (Å²) in [6.07, 6.45) is 3.34. The highest BCUT2D eigenvalue weighted by atomic mass is 32.2. The first kappa shape index (κ1) is 24.9. The third kappa shape index (κ3) is 5.92. The smallest absolute Gasteiger partial charge is 0.243 e. The van der Waals surface area contributed by atoms with Gasteiger partial charge in [-0.2, -0.15) is 4.31 Å². The third-order valence-electron chi connectivity index (χ3n) is 6.52. The monoisotopic (exact) mass is 492 g/mol. The Morgan fingerprint density at radius 1 is 1.06 bits per heavy atom. The van der Waals surface area contributed by atoms with E-state index in [-0.39, 0.29) is 29.9 Å². The number of nitrogens with one attached hydrogen (secondary N) is 1. The summed E-state index contributed by atoms with van der Waals surface area (Å²) in [5.74, 6) is 0.321. The zero-order valence-corrected chi connectivity index (χ0v) is 21.1. The molecule has 1 aliphatic carbocycles. The fourth-order valence-corrected chi connectivity index (χ4v) is 6.13. The average Bonchev–Trinajstić information content (AvgIpc) is 2.87. The van der Waals surface area contributed by atoms with E-state index in [1.807, 2.05) is 48.5 Å². The highest BCUT2D eigenvalue weighted by Gasteiger charge is 2.29. The lowest BCUT2D eigenvalue weighted by molar-refractivity contribution is -0.122. The van der Waals surface area contributed by atoms with E-state index in [0.29, 0.717) is 12.2 Å². The van der Waals surface area contributed by atoms with Crippen LogP contribution in [0.5, 0.6) is 5.75 Å². The van der Waals surface area contributed by atoms with E-state index < -0.39 is 10.0 Å². The lowest BCUT2D eigenvalue weighted by atomic mass is 9.88. The van der Waals surface area contributed by atoms with Crippen LogP contribution in [0.25, 0.3) is 0 Å². The van der Waals surface area contributed by atoms with Gasteiger partial charge in [0.25, 0.3) is 0 Å². The fourth-order valence-electron chi connectivity index (χ4n) is 4.65. The molecule has 0 aromatic heterocycles. The summed E-state index contributed by atoms with van der Waals surface area (Å²) >= 11 is 0. The molecule has 35 heavy (non-hydrogen) atoms. The van der Waals surface area contributed by atoms with Crippen molar-refractivity contribution in [1.29, 1.82) is 0 Å². The average molecular weight is 493 g/mol. The van der Waals surface area contributed by atoms with Crippen LogP contribution in [0, 0.1) is 6.92 Å². The third-order valence-corrected chi connectivity index (χ3v) is 8.36. The molecule has 0 radical (unpaired) electrons. The van der Waals surface area contributed by atoms with Gasteiger partial charge in [-0.3, -0.25) is 4.79 Å². The van der Waals surface area contributed by atoms with Crippen molar-refractivity contribution in [2.75, 3.05) is 20.2 Å². The SMILES string of the molecule is COc1ccc(S(=O)(=O)N(CCc2ccccc2)CC(=O)NC2CCCc3ccccc32)cc1C. The Morgan fingerprint density at radius 3 is 2.54 bits per heavy atom. The molecule has 3 aromatic rings. The first-order chi connectivity index (χ1) is 16.9. The van der Waals surface area contributed by atoms with Crippen LogP contribution >= 0.6 is 0 Å². The van der Waals surface area contributed by atoms with Crippen LogP contribution in [0.1, 0.15) is 41.1 Å². The predicted molar refractivity (Wildman–Crippen MR) is 137 cm³/mol. The van der Waals surface area contributed by atoms with Gasteiger partial charge in [0.15, 0.2) is 0 Å². The number of amides is 1. The van der Waals surface area contributed by atoms with Crippen LogP contribution in [0.15, 0.2) is 77.7 Å². The fraction of sp³-hybridized carbons (Fsp3) is 0.321. The molecule has 0 saturated heterocycles. The first-order valence-corrected chi connectivity index (χ1v) is 13.4. The maximum absolute atomic E-state index is 13.6. The molecule has 1 N–H and O–H groups in total. The Morgan fingerprint density at radius 2 is 1.80 bits per heavy atom. The molecular weight excluding hydrogens is 460 g/mol. The van der Waals surface area contributed by atoms with Crippen LogP contribution in [0.3, 0.4) is 0 Å². The molecule has 0 saturated carbocycles. The number of hydrogen-bond acceptors (Lipinski definition) is 4. The predicted octanol–water partition coefficient (Wildman–Crippen LogP) is 4.43. The molecule has 0 spiro atoms. The summed E-state index contributed by atoms with van der Waals surface area (Å²) in [7, 11) is -2.35. The molecule has 4 rings (SSSR count). The molecule has 1 aliphatic rings. The van der Waals surface area contributed by atoms with Crippen LogP contribution in [-0.2, 0) is 27.7 Å². The van der Waals surface area contributed by atoms with Gasteiger partial charge in [-0.15, -0.1) is 0 Å². The van der Waals surface area contributed by atoms with E-state index >= 15 is 0 Å². The lowest BCUT2D eigenvalue weighted by Crippen LogP contribution is -2.43. The van der Waals surface area contributed by atoms with Crippen molar-refractivity contribution in [2.45, 2.75) is 43.5 Å². The van der Waals surface area contributed by atoms with Gasteiger partial charge >= 0.3 is 0 Å². The van der Waals surface area contributed by atoms with Crippen molar-refractivity contribution >= 4 is 15.9 Å². The molecule has 3 aromatic carbocycles. The molecule has 1 amide bonds. The molecule has 184 valence electrons. The van der Waals surface area contributed by atoms with E-state index in [2.05, 4.69) is 11.4 Å². The highest BCUT2D eigenvalue weighted by molar-refractivity contribution is 7.89. The molecule has 0 aliphatic heterocycles. The van der Waals surface area contributed by atoms with Gasteiger partial charge in [-0.1, -0.05) is 54.6 Å². The summed E-state index contributed by atoms with van der Waals surface area (Å²) in [4.78, 5) is 13.3. The minimum Gasteiger partial charge on any atom is -0.496 e. The van der Waals surface area contributed by atoms with Crippen LogP contribution in [-0.4, -0.2) is 38.8 Å². The highest BCUT2D eigenvalue weighted by Crippen LogP contribution is 2.29. The molecular formula is C28H32N2O4S. The quantitative estimate of drug-likeness (QED) is 0.480. The number of hydrogen-bond donors (Lipinski definition) is 1. The molecule has 1 unspecified atom stereocenters. The van der Waals surface area contributed by atoms with Gasteiger partial charge in [-0.25, -0.2) is 8.42 Å². The second kappa shape index (κ2) is 11.1. The molecule has 7 heteroatoms. The normalized spacial score (nSPS) is 15.5. The van der Waals surface area contributed by atoms with Crippen molar-refractivity contribution in [2.24, 2.45) is 0 Å². The second-order valence-corrected chi connectivity index (χ2v) is 10.9. The van der Waals surface area contributed by atoms with Crippen LogP contribution in [0.4, 0.5) is 0 Å². The Labute approximate surface area is 208 Å². The Bertz CT molecular complexity index is 1280. The van der Waals surface area contributed by atoms with Gasteiger partial charge in [0, 0.05) is 6.54 Å². The van der Waals surface area contributed by atoms with Gasteiger partial charge in [0.2, 0.25) is 15.9 Å². The van der Waals surface area contributed by atoms with E-state index in [1.165, 1.54) is 15.9 Å². The number of rotatable bonds is 9. The minimum atomic E-state index is -3.90. The number of benzene rings is 3. The van der Waals surface area contributed by atoms with Gasteiger partial charge in [-0.05, 0) is 73.1 Å². The van der Waals surface area contributed by atoms with Gasteiger partial charge in [0.1, 0.15) is 5.75 Å². The van der Waals surface area contributed by atoms with E-state index in [1.54, 1.807) is 26.2 Å². The van der Waals surface area contributed by atoms with Gasteiger partial charge in [0.05, 0.1) is 24.6 Å². The molecule has 0 heterocycles. The van der Waals surface area contributed by atoms with Crippen molar-refractivity contribution in [3.63, 3.8) is 0 Å². The van der Waals surface area contributed by atoms with E-state index in [0.717, 1.165) is 36.0 Å². The number of fused-ring (bicyclic) bond motifs is 1. The Hall–Kier alpha value is -3.16. The zero-order chi connectivity index (χ0) is 24.8. The van der Waals surface area contributed by atoms with E-state index in [4.69, 9.17) is 4.74 Å².